The normalized spacial score (nSPS) is 11.6. The molecule has 2 rings (SSSR count). The molecule has 0 N–H and O–H groups in total. The van der Waals surface area contributed by atoms with Gasteiger partial charge in [-0.1, -0.05) is 40.0 Å². The molecule has 0 saturated heterocycles. The van der Waals surface area contributed by atoms with Crippen molar-refractivity contribution in [2.24, 2.45) is 0 Å². The van der Waals surface area contributed by atoms with Crippen molar-refractivity contribution in [2.45, 2.75) is 73.3 Å². The van der Waals surface area contributed by atoms with Gasteiger partial charge in [0.25, 0.3) is 0 Å². The van der Waals surface area contributed by atoms with Gasteiger partial charge >= 0.3 is 0 Å². The van der Waals surface area contributed by atoms with E-state index < -0.39 is 0 Å². The van der Waals surface area contributed by atoms with Gasteiger partial charge in [0.05, 0.1) is 0 Å². The summed E-state index contributed by atoms with van der Waals surface area (Å²) in [5.41, 5.74) is 3.09. The second-order valence-electron chi connectivity index (χ2n) is 6.68. The van der Waals surface area contributed by atoms with E-state index in [-0.39, 0.29) is 0 Å². The fraction of sp³-hybridized carbons (Fsp3) is 0.619. The number of nitrogens with zero attached hydrogens (tertiary/aromatic N) is 1. The van der Waals surface area contributed by atoms with E-state index in [1.807, 2.05) is 22.7 Å². The highest BCUT2D eigenvalue weighted by molar-refractivity contribution is 7.22. The maximum absolute atomic E-state index is 2.50. The minimum absolute atomic E-state index is 1.09. The Morgan fingerprint density at radius 1 is 0.875 bits per heavy atom. The third-order valence-corrected chi connectivity index (χ3v) is 7.13. The van der Waals surface area contributed by atoms with Crippen molar-refractivity contribution in [2.75, 3.05) is 13.1 Å². The summed E-state index contributed by atoms with van der Waals surface area (Å²) in [4.78, 5) is 8.46. The first kappa shape index (κ1) is 19.7. The first-order chi connectivity index (χ1) is 11.6. The zero-order valence-electron chi connectivity index (χ0n) is 16.1. The van der Waals surface area contributed by atoms with Gasteiger partial charge in [-0.15, -0.1) is 22.7 Å². The van der Waals surface area contributed by atoms with Gasteiger partial charge in [0.2, 0.25) is 0 Å². The third-order valence-electron chi connectivity index (χ3n) is 4.76. The third kappa shape index (κ3) is 5.18. The first-order valence-electron chi connectivity index (χ1n) is 9.50. The van der Waals surface area contributed by atoms with E-state index in [9.17, 15) is 0 Å². The van der Waals surface area contributed by atoms with Gasteiger partial charge in [0.1, 0.15) is 0 Å². The lowest BCUT2D eigenvalue weighted by molar-refractivity contribution is 0.296. The molecule has 134 valence electrons. The molecule has 3 heteroatoms. The molecular weight excluding hydrogens is 330 g/mol. The van der Waals surface area contributed by atoms with Crippen molar-refractivity contribution < 1.29 is 0 Å². The molecule has 0 amide bonds. The minimum Gasteiger partial charge on any atom is -0.300 e. The van der Waals surface area contributed by atoms with Crippen LogP contribution in [0.3, 0.4) is 0 Å². The molecule has 24 heavy (non-hydrogen) atoms. The van der Waals surface area contributed by atoms with Crippen LogP contribution in [0.2, 0.25) is 0 Å². The highest BCUT2D eigenvalue weighted by atomic mass is 32.1. The Balaban J connectivity index is 2.16. The fourth-order valence-electron chi connectivity index (χ4n) is 3.18. The minimum atomic E-state index is 1.09. The number of aryl methyl sites for hydroxylation is 3. The Hall–Kier alpha value is -0.640. The van der Waals surface area contributed by atoms with Crippen LogP contribution in [0.1, 0.15) is 67.3 Å². The summed E-state index contributed by atoms with van der Waals surface area (Å²) in [6.45, 7) is 14.7. The molecular formula is C21H33NS2. The average Bonchev–Trinajstić information content (AvgIpc) is 3.12. The number of hydrogen-bond donors (Lipinski definition) is 0. The zero-order valence-corrected chi connectivity index (χ0v) is 17.7. The SMILES string of the molecule is CCCCCCc1cc(C)sc1-c1cc(CN(CC)CC)c(C)s1. The van der Waals surface area contributed by atoms with E-state index in [4.69, 9.17) is 0 Å². The van der Waals surface area contributed by atoms with Crippen LogP contribution < -0.4 is 0 Å². The molecule has 0 unspecified atom stereocenters. The maximum atomic E-state index is 2.50. The molecule has 0 aliphatic carbocycles. The molecule has 0 radical (unpaired) electrons. The molecule has 0 saturated carbocycles. The van der Waals surface area contributed by atoms with Crippen LogP contribution in [0, 0.1) is 13.8 Å². The van der Waals surface area contributed by atoms with Crippen molar-refractivity contribution in [3.63, 3.8) is 0 Å². The quantitative estimate of drug-likeness (QED) is 0.408. The van der Waals surface area contributed by atoms with Gasteiger partial charge in [-0.05, 0) is 63.0 Å². The number of rotatable bonds is 10. The lowest BCUT2D eigenvalue weighted by Gasteiger charge is -2.17. The standard InChI is InChI=1S/C21H33NS2/c1-6-9-10-11-12-18-13-16(4)23-21(18)20-14-19(17(5)24-20)15-22(7-2)8-3/h13-14H,6-12,15H2,1-5H3. The molecule has 0 spiro atoms. The number of unbranched alkanes of at least 4 members (excludes halogenated alkanes) is 3. The average molecular weight is 364 g/mol. The molecule has 0 aliphatic rings. The topological polar surface area (TPSA) is 3.24 Å². The highest BCUT2D eigenvalue weighted by Crippen LogP contribution is 2.39. The van der Waals surface area contributed by atoms with Crippen LogP contribution in [0.5, 0.6) is 0 Å². The van der Waals surface area contributed by atoms with Gasteiger partial charge < -0.3 is 0 Å². The van der Waals surface area contributed by atoms with Gasteiger partial charge in [0.15, 0.2) is 0 Å². The van der Waals surface area contributed by atoms with Crippen molar-refractivity contribution in [1.82, 2.24) is 4.90 Å². The second kappa shape index (κ2) is 9.74. The summed E-state index contributed by atoms with van der Waals surface area (Å²) in [6.07, 6.45) is 6.61. The van der Waals surface area contributed by atoms with E-state index in [2.05, 4.69) is 51.7 Å². The summed E-state index contributed by atoms with van der Waals surface area (Å²) in [5, 5.41) is 0. The Labute approximate surface area is 156 Å². The first-order valence-corrected chi connectivity index (χ1v) is 11.1. The van der Waals surface area contributed by atoms with E-state index in [0.29, 0.717) is 0 Å². The van der Waals surface area contributed by atoms with Crippen LogP contribution in [-0.4, -0.2) is 18.0 Å². The molecule has 0 fully saturated rings. The fourth-order valence-corrected chi connectivity index (χ4v) is 5.41. The summed E-state index contributed by atoms with van der Waals surface area (Å²) in [6, 6.07) is 4.88. The summed E-state index contributed by atoms with van der Waals surface area (Å²) in [5.74, 6) is 0. The molecule has 0 bridgehead atoms. The van der Waals surface area contributed by atoms with Crippen molar-refractivity contribution in [1.29, 1.82) is 0 Å². The van der Waals surface area contributed by atoms with Crippen LogP contribution in [-0.2, 0) is 13.0 Å². The van der Waals surface area contributed by atoms with Crippen LogP contribution in [0.15, 0.2) is 12.1 Å². The summed E-state index contributed by atoms with van der Waals surface area (Å²) < 4.78 is 0. The van der Waals surface area contributed by atoms with Gasteiger partial charge in [-0.2, -0.15) is 0 Å². The van der Waals surface area contributed by atoms with E-state index in [1.54, 1.807) is 5.56 Å². The lowest BCUT2D eigenvalue weighted by atomic mass is 10.1. The molecule has 0 aromatic carbocycles. The monoisotopic (exact) mass is 363 g/mol. The van der Waals surface area contributed by atoms with Gasteiger partial charge in [-0.25, -0.2) is 0 Å². The predicted octanol–water partition coefficient (Wildman–Crippen LogP) is 7.06. The highest BCUT2D eigenvalue weighted by Gasteiger charge is 2.15. The molecule has 1 nitrogen and oxygen atoms in total. The summed E-state index contributed by atoms with van der Waals surface area (Å²) >= 11 is 3.97. The van der Waals surface area contributed by atoms with Gasteiger partial charge in [0, 0.05) is 26.1 Å². The Morgan fingerprint density at radius 3 is 2.29 bits per heavy atom. The van der Waals surface area contributed by atoms with Crippen molar-refractivity contribution in [3.8, 4) is 9.75 Å². The van der Waals surface area contributed by atoms with Crippen LogP contribution in [0.4, 0.5) is 0 Å². The van der Waals surface area contributed by atoms with Crippen LogP contribution >= 0.6 is 22.7 Å². The van der Waals surface area contributed by atoms with E-state index in [0.717, 1.165) is 19.6 Å². The molecule has 2 aromatic rings. The van der Waals surface area contributed by atoms with Crippen molar-refractivity contribution in [3.05, 3.63) is 33.0 Å². The second-order valence-corrected chi connectivity index (χ2v) is 9.19. The van der Waals surface area contributed by atoms with Crippen molar-refractivity contribution >= 4 is 22.7 Å². The van der Waals surface area contributed by atoms with Crippen LogP contribution in [0.25, 0.3) is 9.75 Å². The molecule has 0 aliphatic heterocycles. The smallest absolute Gasteiger partial charge is 0.0477 e. The predicted molar refractivity (Wildman–Crippen MR) is 112 cm³/mol. The van der Waals surface area contributed by atoms with E-state index >= 15 is 0 Å². The Morgan fingerprint density at radius 2 is 1.62 bits per heavy atom. The number of thiophene rings is 2. The Kier molecular flexibility index (Phi) is 7.99. The zero-order chi connectivity index (χ0) is 17.5. The van der Waals surface area contributed by atoms with E-state index in [1.165, 1.54) is 57.2 Å². The maximum Gasteiger partial charge on any atom is 0.0477 e. The largest absolute Gasteiger partial charge is 0.300 e. The van der Waals surface area contributed by atoms with Gasteiger partial charge in [-0.3, -0.25) is 4.90 Å². The molecule has 2 aromatic heterocycles. The summed E-state index contributed by atoms with van der Waals surface area (Å²) in [7, 11) is 0. The number of hydrogen-bond acceptors (Lipinski definition) is 3. The molecule has 0 atom stereocenters. The Bertz CT molecular complexity index is 620. The molecule has 2 heterocycles. The lowest BCUT2D eigenvalue weighted by Crippen LogP contribution is -2.22.